The summed E-state index contributed by atoms with van der Waals surface area (Å²) in [4.78, 5) is 25.9. The molecule has 0 aromatic carbocycles. The third-order valence-electron chi connectivity index (χ3n) is 5.59. The molecule has 1 aliphatic heterocycles. The van der Waals surface area contributed by atoms with Crippen molar-refractivity contribution in [1.29, 1.82) is 0 Å². The number of aliphatic carboxylic acids is 1. The molecule has 3 rings (SSSR count). The second-order valence-electron chi connectivity index (χ2n) is 6.67. The van der Waals surface area contributed by atoms with Gasteiger partial charge in [0.25, 0.3) is 0 Å². The van der Waals surface area contributed by atoms with E-state index in [0.717, 1.165) is 38.5 Å². The van der Waals surface area contributed by atoms with Crippen molar-refractivity contribution in [3.05, 3.63) is 0 Å². The lowest BCUT2D eigenvalue weighted by atomic mass is 9.83. The number of hydrogen-bond acceptors (Lipinski definition) is 3. The molecule has 0 aromatic rings. The molecule has 1 amide bonds. The number of fused-ring (bicyclic) bond motifs is 2. The van der Waals surface area contributed by atoms with Crippen molar-refractivity contribution < 1.29 is 14.7 Å². The lowest BCUT2D eigenvalue weighted by Gasteiger charge is -2.34. The maximum atomic E-state index is 12.9. The van der Waals surface area contributed by atoms with Gasteiger partial charge in [0.15, 0.2) is 0 Å². The molecule has 5 atom stereocenters. The van der Waals surface area contributed by atoms with Gasteiger partial charge in [-0.1, -0.05) is 12.8 Å². The van der Waals surface area contributed by atoms with Gasteiger partial charge in [-0.05, 0) is 43.9 Å². The van der Waals surface area contributed by atoms with Crippen molar-refractivity contribution in [3.63, 3.8) is 0 Å². The molecule has 20 heavy (non-hydrogen) atoms. The molecule has 1 saturated heterocycles. The fourth-order valence-electron chi connectivity index (χ4n) is 4.52. The summed E-state index contributed by atoms with van der Waals surface area (Å²) in [6, 6.07) is -0.699. The lowest BCUT2D eigenvalue weighted by Crippen LogP contribution is -2.52. The van der Waals surface area contributed by atoms with E-state index in [4.69, 9.17) is 5.73 Å². The van der Waals surface area contributed by atoms with Crippen molar-refractivity contribution in [3.8, 4) is 0 Å². The number of carbonyl (C=O) groups is 2. The van der Waals surface area contributed by atoms with Gasteiger partial charge in [-0.3, -0.25) is 4.79 Å². The molecule has 112 valence electrons. The summed E-state index contributed by atoms with van der Waals surface area (Å²) in [7, 11) is 0. The Kier molecular flexibility index (Phi) is 3.71. The van der Waals surface area contributed by atoms with Crippen LogP contribution in [0, 0.1) is 17.8 Å². The molecular weight excluding hydrogens is 256 g/mol. The Bertz CT molecular complexity index is 410. The highest BCUT2D eigenvalue weighted by molar-refractivity contribution is 5.86. The Morgan fingerprint density at radius 1 is 1.05 bits per heavy atom. The number of carboxylic acids is 1. The minimum Gasteiger partial charge on any atom is -0.480 e. The van der Waals surface area contributed by atoms with Gasteiger partial charge in [-0.25, -0.2) is 4.79 Å². The van der Waals surface area contributed by atoms with Gasteiger partial charge in [0.1, 0.15) is 6.04 Å². The Labute approximate surface area is 119 Å². The van der Waals surface area contributed by atoms with E-state index < -0.39 is 12.0 Å². The van der Waals surface area contributed by atoms with Crippen molar-refractivity contribution in [2.24, 2.45) is 23.5 Å². The molecule has 3 N–H and O–H groups in total. The first-order valence-corrected chi connectivity index (χ1v) is 7.88. The number of carboxylic acid groups (broad SMARTS) is 1. The van der Waals surface area contributed by atoms with Crippen LogP contribution in [0.3, 0.4) is 0 Å². The molecule has 2 aliphatic carbocycles. The minimum absolute atomic E-state index is 0.0130. The van der Waals surface area contributed by atoms with Crippen LogP contribution in [0.15, 0.2) is 0 Å². The van der Waals surface area contributed by atoms with E-state index in [1.165, 1.54) is 0 Å². The zero-order chi connectivity index (χ0) is 14.3. The van der Waals surface area contributed by atoms with Crippen LogP contribution in [0.2, 0.25) is 0 Å². The smallest absolute Gasteiger partial charge is 0.326 e. The fourth-order valence-corrected chi connectivity index (χ4v) is 4.52. The van der Waals surface area contributed by atoms with Gasteiger partial charge in [0.05, 0.1) is 5.92 Å². The summed E-state index contributed by atoms with van der Waals surface area (Å²) in [5.41, 5.74) is 6.24. The summed E-state index contributed by atoms with van der Waals surface area (Å²) in [5.74, 6) is -0.117. The fraction of sp³-hybridized carbons (Fsp3) is 0.867. The van der Waals surface area contributed by atoms with Gasteiger partial charge < -0.3 is 15.7 Å². The third kappa shape index (κ3) is 2.22. The molecular formula is C15H24N2O3. The second-order valence-corrected chi connectivity index (χ2v) is 6.67. The van der Waals surface area contributed by atoms with E-state index in [2.05, 4.69) is 0 Å². The van der Waals surface area contributed by atoms with Crippen molar-refractivity contribution >= 4 is 11.9 Å². The molecule has 0 aromatic heterocycles. The normalized spacial score (nSPS) is 40.6. The average molecular weight is 280 g/mol. The maximum Gasteiger partial charge on any atom is 0.326 e. The highest BCUT2D eigenvalue weighted by Gasteiger charge is 2.51. The summed E-state index contributed by atoms with van der Waals surface area (Å²) in [6.07, 6.45) is 6.67. The van der Waals surface area contributed by atoms with Crippen LogP contribution in [-0.2, 0) is 9.59 Å². The predicted molar refractivity (Wildman–Crippen MR) is 73.9 cm³/mol. The minimum atomic E-state index is -0.864. The number of likely N-dealkylation sites (tertiary alicyclic amines) is 1. The van der Waals surface area contributed by atoms with Crippen LogP contribution in [-0.4, -0.2) is 40.5 Å². The van der Waals surface area contributed by atoms with Gasteiger partial charge in [0, 0.05) is 12.6 Å². The van der Waals surface area contributed by atoms with E-state index >= 15 is 0 Å². The zero-order valence-corrected chi connectivity index (χ0v) is 11.8. The summed E-state index contributed by atoms with van der Waals surface area (Å²) in [5, 5.41) is 9.40. The third-order valence-corrected chi connectivity index (χ3v) is 5.59. The van der Waals surface area contributed by atoms with Crippen molar-refractivity contribution in [1.82, 2.24) is 4.90 Å². The van der Waals surface area contributed by atoms with E-state index in [-0.39, 0.29) is 17.9 Å². The van der Waals surface area contributed by atoms with Crippen LogP contribution in [0.1, 0.15) is 44.9 Å². The van der Waals surface area contributed by atoms with Crippen molar-refractivity contribution in [2.75, 3.05) is 6.54 Å². The number of hydrogen-bond donors (Lipinski definition) is 2. The molecule has 5 nitrogen and oxygen atoms in total. The first-order chi connectivity index (χ1) is 9.59. The van der Waals surface area contributed by atoms with Crippen LogP contribution in [0.5, 0.6) is 0 Å². The molecule has 0 radical (unpaired) electrons. The van der Waals surface area contributed by atoms with E-state index in [1.807, 2.05) is 0 Å². The molecule has 5 unspecified atom stereocenters. The quantitative estimate of drug-likeness (QED) is 0.796. The predicted octanol–water partition coefficient (Wildman–Crippen LogP) is 1.22. The Hall–Kier alpha value is -1.10. The number of rotatable bonds is 2. The number of amides is 1. The topological polar surface area (TPSA) is 83.6 Å². The molecule has 2 bridgehead atoms. The summed E-state index contributed by atoms with van der Waals surface area (Å²) >= 11 is 0. The van der Waals surface area contributed by atoms with E-state index in [0.29, 0.717) is 24.8 Å². The Morgan fingerprint density at radius 3 is 2.45 bits per heavy atom. The van der Waals surface area contributed by atoms with Gasteiger partial charge in [0.2, 0.25) is 5.91 Å². The van der Waals surface area contributed by atoms with Crippen molar-refractivity contribution in [2.45, 2.75) is 57.0 Å². The second kappa shape index (κ2) is 5.35. The van der Waals surface area contributed by atoms with Gasteiger partial charge >= 0.3 is 5.97 Å². The van der Waals surface area contributed by atoms with Crippen LogP contribution in [0.25, 0.3) is 0 Å². The van der Waals surface area contributed by atoms with E-state index in [9.17, 15) is 14.7 Å². The SMILES string of the molecule is NC1C2CCC(C2)C1C(=O)N1CCCCCC1C(=O)O. The zero-order valence-electron chi connectivity index (χ0n) is 11.8. The first-order valence-electron chi connectivity index (χ1n) is 7.88. The molecule has 3 aliphatic rings. The van der Waals surface area contributed by atoms with E-state index in [1.54, 1.807) is 4.90 Å². The van der Waals surface area contributed by atoms with Crippen LogP contribution < -0.4 is 5.73 Å². The lowest BCUT2D eigenvalue weighted by molar-refractivity contribution is -0.153. The standard InChI is InChI=1S/C15H24N2O3/c16-13-10-6-5-9(8-10)12(13)14(18)17-7-3-1-2-4-11(17)15(19)20/h9-13H,1-8,16H2,(H,19,20). The molecule has 5 heteroatoms. The summed E-state index contributed by atoms with van der Waals surface area (Å²) < 4.78 is 0. The number of carbonyl (C=O) groups excluding carboxylic acids is 1. The molecule has 0 spiro atoms. The number of nitrogens with zero attached hydrogens (tertiary/aromatic N) is 1. The highest BCUT2D eigenvalue weighted by atomic mass is 16.4. The number of nitrogens with two attached hydrogens (primary N) is 1. The first kappa shape index (κ1) is 13.9. The molecule has 2 saturated carbocycles. The highest BCUT2D eigenvalue weighted by Crippen LogP contribution is 2.48. The average Bonchev–Trinajstić information content (AvgIpc) is 2.90. The monoisotopic (exact) mass is 280 g/mol. The van der Waals surface area contributed by atoms with Crippen LogP contribution in [0.4, 0.5) is 0 Å². The Balaban J connectivity index is 1.79. The summed E-state index contributed by atoms with van der Waals surface area (Å²) in [6.45, 7) is 0.580. The molecule has 1 heterocycles. The molecule has 3 fully saturated rings. The Morgan fingerprint density at radius 2 is 1.80 bits per heavy atom. The van der Waals surface area contributed by atoms with Gasteiger partial charge in [-0.15, -0.1) is 0 Å². The maximum absolute atomic E-state index is 12.9. The largest absolute Gasteiger partial charge is 0.480 e. The van der Waals surface area contributed by atoms with Gasteiger partial charge in [-0.2, -0.15) is 0 Å². The van der Waals surface area contributed by atoms with Crippen LogP contribution >= 0.6 is 0 Å².